The van der Waals surface area contributed by atoms with Crippen molar-refractivity contribution in [2.45, 2.75) is 19.8 Å². The van der Waals surface area contributed by atoms with E-state index in [1.54, 1.807) is 0 Å². The van der Waals surface area contributed by atoms with Crippen molar-refractivity contribution in [3.05, 3.63) is 182 Å². The molecule has 4 aromatic heterocycles. The van der Waals surface area contributed by atoms with Gasteiger partial charge in [0.2, 0.25) is 0 Å². The highest BCUT2D eigenvalue weighted by atomic mass is 15.0. The molecule has 0 saturated heterocycles. The molecule has 4 nitrogen and oxygen atoms in total. The van der Waals surface area contributed by atoms with E-state index < -0.39 is 0 Å². The van der Waals surface area contributed by atoms with Crippen molar-refractivity contribution in [2.75, 3.05) is 0 Å². The van der Waals surface area contributed by atoms with E-state index in [2.05, 4.69) is 191 Å². The van der Waals surface area contributed by atoms with E-state index in [0.717, 1.165) is 28.1 Å². The summed E-state index contributed by atoms with van der Waals surface area (Å²) in [5.74, 6) is 0.234. The van der Waals surface area contributed by atoms with Crippen molar-refractivity contribution in [3.8, 4) is 28.3 Å². The fourth-order valence-corrected chi connectivity index (χ4v) is 9.04. The lowest BCUT2D eigenvalue weighted by atomic mass is 9.92. The zero-order valence-electron chi connectivity index (χ0n) is 30.1. The molecule has 7 aromatic carbocycles. The third kappa shape index (κ3) is 4.40. The summed E-state index contributed by atoms with van der Waals surface area (Å²) >= 11 is 0. The Kier molecular flexibility index (Phi) is 6.71. The molecular weight excluding hydrogens is 657 g/mol. The lowest BCUT2D eigenvalue weighted by Crippen LogP contribution is -2.07. The summed E-state index contributed by atoms with van der Waals surface area (Å²) in [6.07, 6.45) is 1.91. The largest absolute Gasteiger partial charge is 0.309 e. The van der Waals surface area contributed by atoms with Gasteiger partial charge in [0.1, 0.15) is 0 Å². The van der Waals surface area contributed by atoms with Crippen molar-refractivity contribution in [1.82, 2.24) is 18.7 Å². The highest BCUT2D eigenvalue weighted by molar-refractivity contribution is 6.13. The number of aromatic nitrogens is 4. The molecule has 0 radical (unpaired) electrons. The highest BCUT2D eigenvalue weighted by Gasteiger charge is 2.23. The molecule has 11 aromatic rings. The Morgan fingerprint density at radius 3 is 1.33 bits per heavy atom. The van der Waals surface area contributed by atoms with Gasteiger partial charge in [0.05, 0.1) is 44.5 Å². The number of hydrogen-bond acceptors (Lipinski definition) is 1. The lowest BCUT2D eigenvalue weighted by molar-refractivity contribution is 0.854. The van der Waals surface area contributed by atoms with E-state index in [-0.39, 0.29) is 5.92 Å². The summed E-state index contributed by atoms with van der Waals surface area (Å²) in [5, 5.41) is 7.47. The van der Waals surface area contributed by atoms with Crippen molar-refractivity contribution in [1.29, 1.82) is 0 Å². The van der Waals surface area contributed by atoms with E-state index in [9.17, 15) is 0 Å². The highest BCUT2D eigenvalue weighted by Crippen LogP contribution is 2.43. The summed E-state index contributed by atoms with van der Waals surface area (Å²) in [6, 6.07) is 61.9. The lowest BCUT2D eigenvalue weighted by Gasteiger charge is -2.23. The zero-order chi connectivity index (χ0) is 35.9. The standard InChI is InChI=1S/C50H36N4/c1-32(2)50-41(42-20-13-14-28-51-42)30-34(31-49(50)54-46-24-11-5-17-37(46)38-18-6-12-25-47(38)54)53-45-23-10-7-19-39(45)40-29-33(26-27-48(40)53)52-43-21-8-3-15-35(43)36-16-4-9-22-44(36)52/h3-32H,1-2H3. The molecule has 4 heteroatoms. The summed E-state index contributed by atoms with van der Waals surface area (Å²) in [5.41, 5.74) is 14.0. The Morgan fingerprint density at radius 2 is 0.833 bits per heavy atom. The van der Waals surface area contributed by atoms with Crippen LogP contribution in [0.3, 0.4) is 0 Å². The SMILES string of the molecule is CC(C)c1c(-c2ccccn2)cc(-n2c3ccccc3c3cc(-n4c5ccccc5c5ccccc54)ccc32)cc1-n1c2ccccc2c2ccccc21. The summed E-state index contributed by atoms with van der Waals surface area (Å²) in [7, 11) is 0. The van der Waals surface area contributed by atoms with Crippen LogP contribution in [-0.2, 0) is 0 Å². The molecule has 0 unspecified atom stereocenters. The van der Waals surface area contributed by atoms with Gasteiger partial charge in [-0.2, -0.15) is 0 Å². The minimum absolute atomic E-state index is 0.234. The van der Waals surface area contributed by atoms with E-state index >= 15 is 0 Å². The number of rotatable bonds is 5. The molecule has 0 bridgehead atoms. The quantitative estimate of drug-likeness (QED) is 0.176. The summed E-state index contributed by atoms with van der Waals surface area (Å²) in [6.45, 7) is 4.60. The molecule has 0 aliphatic carbocycles. The first-order valence-corrected chi connectivity index (χ1v) is 18.8. The summed E-state index contributed by atoms with van der Waals surface area (Å²) < 4.78 is 7.34. The maximum atomic E-state index is 4.95. The van der Waals surface area contributed by atoms with Crippen molar-refractivity contribution in [2.24, 2.45) is 0 Å². The smallest absolute Gasteiger partial charge is 0.0706 e. The average molecular weight is 693 g/mol. The van der Waals surface area contributed by atoms with E-state index in [0.29, 0.717) is 0 Å². The third-order valence-electron chi connectivity index (χ3n) is 11.2. The normalized spacial score (nSPS) is 12.1. The number of hydrogen-bond donors (Lipinski definition) is 0. The first-order chi connectivity index (χ1) is 26.7. The number of para-hydroxylation sites is 5. The Bertz CT molecular complexity index is 3140. The molecule has 0 saturated carbocycles. The molecule has 4 heterocycles. The second-order valence-electron chi connectivity index (χ2n) is 14.6. The van der Waals surface area contributed by atoms with Gasteiger partial charge in [-0.25, -0.2) is 0 Å². The Hall–Kier alpha value is -6.91. The van der Waals surface area contributed by atoms with E-state index in [4.69, 9.17) is 4.98 Å². The van der Waals surface area contributed by atoms with Crippen molar-refractivity contribution >= 4 is 65.4 Å². The van der Waals surface area contributed by atoms with Crippen LogP contribution in [0, 0.1) is 0 Å². The average Bonchev–Trinajstić information content (AvgIpc) is 3.86. The maximum absolute atomic E-state index is 4.95. The van der Waals surface area contributed by atoms with Gasteiger partial charge >= 0.3 is 0 Å². The van der Waals surface area contributed by atoms with Crippen LogP contribution in [0.25, 0.3) is 93.7 Å². The van der Waals surface area contributed by atoms with Crippen molar-refractivity contribution < 1.29 is 0 Å². The predicted molar refractivity (Wildman–Crippen MR) is 227 cm³/mol. The van der Waals surface area contributed by atoms with Gasteiger partial charge in [-0.15, -0.1) is 0 Å². The molecule has 0 N–H and O–H groups in total. The molecule has 0 aliphatic rings. The number of fused-ring (bicyclic) bond motifs is 9. The molecule has 0 aliphatic heterocycles. The van der Waals surface area contributed by atoms with Gasteiger partial charge in [-0.1, -0.05) is 111 Å². The molecule has 256 valence electrons. The topological polar surface area (TPSA) is 27.7 Å². The predicted octanol–water partition coefficient (Wildman–Crippen LogP) is 13.2. The van der Waals surface area contributed by atoms with Crippen LogP contribution < -0.4 is 0 Å². The van der Waals surface area contributed by atoms with Gasteiger partial charge in [0.25, 0.3) is 0 Å². The third-order valence-corrected chi connectivity index (χ3v) is 11.2. The van der Waals surface area contributed by atoms with Crippen LogP contribution >= 0.6 is 0 Å². The van der Waals surface area contributed by atoms with Crippen LogP contribution in [0.2, 0.25) is 0 Å². The monoisotopic (exact) mass is 692 g/mol. The maximum Gasteiger partial charge on any atom is 0.0706 e. The van der Waals surface area contributed by atoms with Crippen molar-refractivity contribution in [3.63, 3.8) is 0 Å². The summed E-state index contributed by atoms with van der Waals surface area (Å²) in [4.78, 5) is 4.95. The van der Waals surface area contributed by atoms with Gasteiger partial charge in [0, 0.05) is 55.5 Å². The Labute approximate surface area is 312 Å². The molecule has 0 amide bonds. The molecule has 0 atom stereocenters. The second-order valence-corrected chi connectivity index (χ2v) is 14.6. The van der Waals surface area contributed by atoms with Crippen LogP contribution in [0.4, 0.5) is 0 Å². The molecular formula is C50H36N4. The minimum atomic E-state index is 0.234. The molecule has 0 fully saturated rings. The second kappa shape index (κ2) is 11.8. The Balaban J connectivity index is 1.24. The fraction of sp³-hybridized carbons (Fsp3) is 0.0600. The number of benzene rings is 7. The molecule has 11 rings (SSSR count). The number of pyridine rings is 1. The van der Waals surface area contributed by atoms with Gasteiger partial charge < -0.3 is 13.7 Å². The van der Waals surface area contributed by atoms with Crippen LogP contribution in [0.1, 0.15) is 25.3 Å². The van der Waals surface area contributed by atoms with Gasteiger partial charge in [-0.05, 0) is 84.3 Å². The fourth-order valence-electron chi connectivity index (χ4n) is 9.04. The Morgan fingerprint density at radius 1 is 0.389 bits per heavy atom. The first-order valence-electron chi connectivity index (χ1n) is 18.8. The zero-order valence-corrected chi connectivity index (χ0v) is 30.1. The first kappa shape index (κ1) is 30.7. The van der Waals surface area contributed by atoms with E-state index in [1.165, 1.54) is 71.2 Å². The minimum Gasteiger partial charge on any atom is -0.309 e. The molecule has 54 heavy (non-hydrogen) atoms. The van der Waals surface area contributed by atoms with Gasteiger partial charge in [0.15, 0.2) is 0 Å². The number of nitrogens with zero attached hydrogens (tertiary/aromatic N) is 4. The van der Waals surface area contributed by atoms with Crippen LogP contribution in [0.15, 0.2) is 176 Å². The van der Waals surface area contributed by atoms with Crippen LogP contribution in [-0.4, -0.2) is 18.7 Å². The molecule has 0 spiro atoms. The van der Waals surface area contributed by atoms with Crippen LogP contribution in [0.5, 0.6) is 0 Å². The van der Waals surface area contributed by atoms with Gasteiger partial charge in [-0.3, -0.25) is 4.98 Å². The van der Waals surface area contributed by atoms with E-state index in [1.807, 2.05) is 12.3 Å².